The Hall–Kier alpha value is -1.51. The second kappa shape index (κ2) is 6.09. The quantitative estimate of drug-likeness (QED) is 0.842. The van der Waals surface area contributed by atoms with Gasteiger partial charge in [-0.2, -0.15) is 0 Å². The largest absolute Gasteiger partial charge is 0.497 e. The molecule has 1 aromatic carbocycles. The van der Waals surface area contributed by atoms with Crippen LogP contribution in [0.2, 0.25) is 0 Å². The van der Waals surface area contributed by atoms with Gasteiger partial charge in [0.1, 0.15) is 5.75 Å². The summed E-state index contributed by atoms with van der Waals surface area (Å²) in [6.45, 7) is 0. The Morgan fingerprint density at radius 1 is 1.26 bits per heavy atom. The van der Waals surface area contributed by atoms with Crippen molar-refractivity contribution in [3.63, 3.8) is 0 Å². The number of methoxy groups -OCH3 is 1. The Balaban J connectivity index is 2.21. The Kier molecular flexibility index (Phi) is 4.46. The highest BCUT2D eigenvalue weighted by Gasteiger charge is 2.38. The predicted molar refractivity (Wildman–Crippen MR) is 74.5 cm³/mol. The zero-order valence-corrected chi connectivity index (χ0v) is 11.5. The molecule has 0 unspecified atom stereocenters. The van der Waals surface area contributed by atoms with Crippen LogP contribution in [0, 0.1) is 5.41 Å². The van der Waals surface area contributed by atoms with Crippen molar-refractivity contribution in [3.8, 4) is 5.75 Å². The number of hydrogen-bond donors (Lipinski definition) is 1. The number of carboxylic acid groups (broad SMARTS) is 1. The van der Waals surface area contributed by atoms with Crippen molar-refractivity contribution in [2.24, 2.45) is 5.41 Å². The van der Waals surface area contributed by atoms with Gasteiger partial charge >= 0.3 is 5.97 Å². The Morgan fingerprint density at radius 2 is 1.95 bits per heavy atom. The number of rotatable bonds is 4. The lowest BCUT2D eigenvalue weighted by molar-refractivity contribution is -0.149. The summed E-state index contributed by atoms with van der Waals surface area (Å²) in [6.07, 6.45) is 6.56. The minimum Gasteiger partial charge on any atom is -0.497 e. The molecule has 104 valence electrons. The van der Waals surface area contributed by atoms with Crippen LogP contribution in [0.1, 0.15) is 44.1 Å². The van der Waals surface area contributed by atoms with Gasteiger partial charge in [0, 0.05) is 0 Å². The molecule has 0 radical (unpaired) electrons. The van der Waals surface area contributed by atoms with Crippen LogP contribution in [-0.4, -0.2) is 18.2 Å². The summed E-state index contributed by atoms with van der Waals surface area (Å²) in [5.74, 6) is 0.156. The Bertz CT molecular complexity index is 431. The molecule has 0 aliphatic heterocycles. The first-order chi connectivity index (χ1) is 9.16. The Morgan fingerprint density at radius 3 is 2.53 bits per heavy atom. The number of carbonyl (C=O) groups is 1. The molecule has 1 aromatic rings. The van der Waals surface area contributed by atoms with Crippen LogP contribution in [0.3, 0.4) is 0 Å². The molecule has 0 heterocycles. The standard InChI is InChI=1S/C16H22O3/c1-19-14-8-6-7-13(11-14)12-16(15(17)18)9-4-2-3-5-10-16/h6-8,11H,2-5,9-10,12H2,1H3,(H,17,18). The van der Waals surface area contributed by atoms with E-state index in [1.165, 1.54) is 0 Å². The van der Waals surface area contributed by atoms with Gasteiger partial charge in [0.2, 0.25) is 0 Å². The average Bonchev–Trinajstić information content (AvgIpc) is 2.65. The van der Waals surface area contributed by atoms with Crippen molar-refractivity contribution in [2.75, 3.05) is 7.11 Å². The van der Waals surface area contributed by atoms with E-state index < -0.39 is 11.4 Å². The second-order valence-electron chi connectivity index (χ2n) is 5.53. The summed E-state index contributed by atoms with van der Waals surface area (Å²) in [6, 6.07) is 7.78. The minimum absolute atomic E-state index is 0.580. The predicted octanol–water partition coefficient (Wildman–Crippen LogP) is 3.66. The van der Waals surface area contributed by atoms with Gasteiger partial charge in [0.25, 0.3) is 0 Å². The monoisotopic (exact) mass is 262 g/mol. The summed E-state index contributed by atoms with van der Waals surface area (Å²) in [5.41, 5.74) is 0.478. The number of carboxylic acids is 1. The van der Waals surface area contributed by atoms with Gasteiger partial charge < -0.3 is 9.84 Å². The molecule has 3 nitrogen and oxygen atoms in total. The molecule has 0 atom stereocenters. The molecular weight excluding hydrogens is 240 g/mol. The van der Waals surface area contributed by atoms with Crippen LogP contribution in [0.15, 0.2) is 24.3 Å². The first-order valence-electron chi connectivity index (χ1n) is 7.03. The summed E-state index contributed by atoms with van der Waals surface area (Å²) < 4.78 is 5.21. The maximum atomic E-state index is 11.8. The average molecular weight is 262 g/mol. The third-order valence-corrected chi connectivity index (χ3v) is 4.19. The second-order valence-corrected chi connectivity index (χ2v) is 5.53. The van der Waals surface area contributed by atoms with Gasteiger partial charge in [-0.15, -0.1) is 0 Å². The van der Waals surface area contributed by atoms with Crippen molar-refractivity contribution in [1.82, 2.24) is 0 Å². The van der Waals surface area contributed by atoms with Crippen molar-refractivity contribution in [3.05, 3.63) is 29.8 Å². The molecular formula is C16H22O3. The van der Waals surface area contributed by atoms with E-state index in [4.69, 9.17) is 4.74 Å². The van der Waals surface area contributed by atoms with E-state index in [9.17, 15) is 9.90 Å². The molecule has 1 aliphatic rings. The third-order valence-electron chi connectivity index (χ3n) is 4.19. The number of aliphatic carboxylic acids is 1. The van der Waals surface area contributed by atoms with E-state index in [1.807, 2.05) is 24.3 Å². The third kappa shape index (κ3) is 3.28. The van der Waals surface area contributed by atoms with Gasteiger partial charge in [-0.05, 0) is 37.0 Å². The fourth-order valence-electron chi connectivity index (χ4n) is 3.04. The van der Waals surface area contributed by atoms with Gasteiger partial charge in [-0.25, -0.2) is 0 Å². The van der Waals surface area contributed by atoms with E-state index in [2.05, 4.69) is 0 Å². The summed E-state index contributed by atoms with van der Waals surface area (Å²) >= 11 is 0. The first-order valence-corrected chi connectivity index (χ1v) is 7.03. The molecule has 1 fully saturated rings. The molecule has 0 bridgehead atoms. The van der Waals surface area contributed by atoms with Crippen LogP contribution < -0.4 is 4.74 Å². The van der Waals surface area contributed by atoms with Gasteiger partial charge in [-0.3, -0.25) is 4.79 Å². The maximum absolute atomic E-state index is 11.8. The van der Waals surface area contributed by atoms with Gasteiger partial charge in [-0.1, -0.05) is 37.8 Å². The maximum Gasteiger partial charge on any atom is 0.309 e. The lowest BCUT2D eigenvalue weighted by Gasteiger charge is -2.28. The van der Waals surface area contributed by atoms with E-state index in [0.29, 0.717) is 6.42 Å². The summed E-state index contributed by atoms with van der Waals surface area (Å²) in [5, 5.41) is 9.67. The Labute approximate surface area is 114 Å². The number of benzene rings is 1. The molecule has 0 amide bonds. The van der Waals surface area contributed by atoms with E-state index in [-0.39, 0.29) is 0 Å². The topological polar surface area (TPSA) is 46.5 Å². The fourth-order valence-corrected chi connectivity index (χ4v) is 3.04. The van der Waals surface area contributed by atoms with Crippen molar-refractivity contribution in [1.29, 1.82) is 0 Å². The SMILES string of the molecule is COc1cccc(CC2(C(=O)O)CCCCCC2)c1. The highest BCUT2D eigenvalue weighted by Crippen LogP contribution is 2.38. The van der Waals surface area contributed by atoms with E-state index in [1.54, 1.807) is 7.11 Å². The van der Waals surface area contributed by atoms with Crippen LogP contribution >= 0.6 is 0 Å². The van der Waals surface area contributed by atoms with Crippen LogP contribution in [-0.2, 0) is 11.2 Å². The molecule has 3 heteroatoms. The molecule has 1 N–H and O–H groups in total. The zero-order valence-electron chi connectivity index (χ0n) is 11.5. The molecule has 2 rings (SSSR count). The first kappa shape index (κ1) is 13.9. The molecule has 1 aliphatic carbocycles. The van der Waals surface area contributed by atoms with Crippen LogP contribution in [0.25, 0.3) is 0 Å². The zero-order chi connectivity index (χ0) is 13.7. The highest BCUT2D eigenvalue weighted by atomic mass is 16.5. The van der Waals surface area contributed by atoms with E-state index >= 15 is 0 Å². The van der Waals surface area contributed by atoms with Crippen LogP contribution in [0.5, 0.6) is 5.75 Å². The van der Waals surface area contributed by atoms with E-state index in [0.717, 1.165) is 49.8 Å². The normalized spacial score (nSPS) is 18.6. The minimum atomic E-state index is -0.641. The molecule has 0 saturated heterocycles. The van der Waals surface area contributed by atoms with Crippen molar-refractivity contribution >= 4 is 5.97 Å². The molecule has 0 aromatic heterocycles. The van der Waals surface area contributed by atoms with Crippen molar-refractivity contribution < 1.29 is 14.6 Å². The molecule has 1 saturated carbocycles. The van der Waals surface area contributed by atoms with Crippen LogP contribution in [0.4, 0.5) is 0 Å². The molecule has 19 heavy (non-hydrogen) atoms. The lowest BCUT2D eigenvalue weighted by atomic mass is 9.75. The van der Waals surface area contributed by atoms with Gasteiger partial charge in [0.05, 0.1) is 12.5 Å². The summed E-state index contributed by atoms with van der Waals surface area (Å²) in [4.78, 5) is 11.8. The molecule has 0 spiro atoms. The highest BCUT2D eigenvalue weighted by molar-refractivity contribution is 5.75. The fraction of sp³-hybridized carbons (Fsp3) is 0.562. The van der Waals surface area contributed by atoms with Gasteiger partial charge in [0.15, 0.2) is 0 Å². The lowest BCUT2D eigenvalue weighted by Crippen LogP contribution is -2.32. The number of ether oxygens (including phenoxy) is 1. The number of hydrogen-bond acceptors (Lipinski definition) is 2. The smallest absolute Gasteiger partial charge is 0.309 e. The van der Waals surface area contributed by atoms with Crippen molar-refractivity contribution in [2.45, 2.75) is 44.9 Å². The summed E-state index contributed by atoms with van der Waals surface area (Å²) in [7, 11) is 1.64.